The number of aliphatic hydroxyl groups is 1. The fourth-order valence-electron chi connectivity index (χ4n) is 2.11. The minimum absolute atomic E-state index is 0.328. The van der Waals surface area contributed by atoms with Crippen molar-refractivity contribution in [1.29, 1.82) is 0 Å². The Labute approximate surface area is 106 Å². The maximum Gasteiger partial charge on any atom is 0.123 e. The average molecular weight is 248 g/mol. The third-order valence-corrected chi connectivity index (χ3v) is 3.20. The van der Waals surface area contributed by atoms with Gasteiger partial charge in [-0.25, -0.2) is 4.39 Å². The summed E-state index contributed by atoms with van der Waals surface area (Å²) in [6, 6.07) is 6.14. The minimum Gasteiger partial charge on any atom is -0.385 e. The van der Waals surface area contributed by atoms with Crippen LogP contribution >= 0.6 is 0 Å². The van der Waals surface area contributed by atoms with Gasteiger partial charge in [0.1, 0.15) is 5.82 Å². The molecule has 1 aromatic carbocycles. The van der Waals surface area contributed by atoms with Crippen LogP contribution in [0.5, 0.6) is 0 Å². The molecule has 0 fully saturated rings. The topological polar surface area (TPSA) is 38.1 Å². The summed E-state index contributed by atoms with van der Waals surface area (Å²) in [4.78, 5) is 0. The molecule has 2 rings (SSSR count). The molecule has 0 aliphatic carbocycles. The highest BCUT2D eigenvalue weighted by molar-refractivity contribution is 5.25. The first-order valence-corrected chi connectivity index (χ1v) is 5.99. The standard InChI is InChI=1S/C14H17FN2O/c1-3-14(18,8-11-9-16-17(2)10-11)12-5-4-6-13(15)7-12/h4-7,9-10,18H,3,8H2,1-2H3. The van der Waals surface area contributed by atoms with Gasteiger partial charge in [0.15, 0.2) is 0 Å². The lowest BCUT2D eigenvalue weighted by Gasteiger charge is -2.27. The number of hydrogen-bond donors (Lipinski definition) is 1. The highest BCUT2D eigenvalue weighted by Gasteiger charge is 2.28. The second kappa shape index (κ2) is 4.90. The zero-order valence-corrected chi connectivity index (χ0v) is 10.6. The zero-order chi connectivity index (χ0) is 13.2. The molecule has 1 atom stereocenters. The summed E-state index contributed by atoms with van der Waals surface area (Å²) in [7, 11) is 1.83. The van der Waals surface area contributed by atoms with Gasteiger partial charge < -0.3 is 5.11 Å². The van der Waals surface area contributed by atoms with Gasteiger partial charge in [-0.1, -0.05) is 19.1 Å². The molecule has 2 aromatic rings. The van der Waals surface area contributed by atoms with Crippen LogP contribution in [0.1, 0.15) is 24.5 Å². The molecule has 1 unspecified atom stereocenters. The molecule has 0 spiro atoms. The molecule has 1 N–H and O–H groups in total. The van der Waals surface area contributed by atoms with Crippen molar-refractivity contribution in [3.63, 3.8) is 0 Å². The fourth-order valence-corrected chi connectivity index (χ4v) is 2.11. The molecule has 3 nitrogen and oxygen atoms in total. The van der Waals surface area contributed by atoms with Gasteiger partial charge in [0.2, 0.25) is 0 Å². The maximum absolute atomic E-state index is 13.2. The molecule has 0 saturated carbocycles. The van der Waals surface area contributed by atoms with E-state index in [-0.39, 0.29) is 5.82 Å². The Hall–Kier alpha value is -1.68. The van der Waals surface area contributed by atoms with Gasteiger partial charge in [0.05, 0.1) is 11.8 Å². The lowest BCUT2D eigenvalue weighted by molar-refractivity contribution is 0.0324. The Morgan fingerprint density at radius 1 is 1.44 bits per heavy atom. The summed E-state index contributed by atoms with van der Waals surface area (Å²) in [6.45, 7) is 1.89. The quantitative estimate of drug-likeness (QED) is 0.902. The second-order valence-electron chi connectivity index (χ2n) is 4.59. The number of hydrogen-bond acceptors (Lipinski definition) is 2. The summed E-state index contributed by atoms with van der Waals surface area (Å²) in [5.74, 6) is -0.328. The summed E-state index contributed by atoms with van der Waals surface area (Å²) in [5, 5.41) is 14.8. The van der Waals surface area contributed by atoms with Crippen LogP contribution in [0.4, 0.5) is 4.39 Å². The van der Waals surface area contributed by atoms with Gasteiger partial charge >= 0.3 is 0 Å². The Morgan fingerprint density at radius 2 is 2.22 bits per heavy atom. The highest BCUT2D eigenvalue weighted by Crippen LogP contribution is 2.29. The lowest BCUT2D eigenvalue weighted by atomic mass is 9.86. The van der Waals surface area contributed by atoms with E-state index in [0.717, 1.165) is 5.56 Å². The zero-order valence-electron chi connectivity index (χ0n) is 10.6. The summed E-state index contributed by atoms with van der Waals surface area (Å²) in [5.41, 5.74) is 0.491. The molecule has 96 valence electrons. The summed E-state index contributed by atoms with van der Waals surface area (Å²) >= 11 is 0. The van der Waals surface area contributed by atoms with E-state index in [4.69, 9.17) is 0 Å². The molecule has 18 heavy (non-hydrogen) atoms. The molecule has 0 aliphatic heterocycles. The Morgan fingerprint density at radius 3 is 2.78 bits per heavy atom. The van der Waals surface area contributed by atoms with Crippen LogP contribution in [0.3, 0.4) is 0 Å². The summed E-state index contributed by atoms with van der Waals surface area (Å²) in [6.07, 6.45) is 4.53. The van der Waals surface area contributed by atoms with Crippen LogP contribution in [0, 0.1) is 5.82 Å². The SMILES string of the molecule is CCC(O)(Cc1cnn(C)c1)c1cccc(F)c1. The first kappa shape index (κ1) is 12.8. The molecule has 4 heteroatoms. The third kappa shape index (κ3) is 2.59. The van der Waals surface area contributed by atoms with E-state index in [2.05, 4.69) is 5.10 Å². The second-order valence-corrected chi connectivity index (χ2v) is 4.59. The van der Waals surface area contributed by atoms with Gasteiger partial charge in [-0.15, -0.1) is 0 Å². The minimum atomic E-state index is -1.05. The van der Waals surface area contributed by atoms with Gasteiger partial charge in [-0.05, 0) is 29.7 Å². The number of aromatic nitrogens is 2. The molecule has 0 aliphatic rings. The number of nitrogens with zero attached hydrogens (tertiary/aromatic N) is 2. The van der Waals surface area contributed by atoms with Gasteiger partial charge in [-0.3, -0.25) is 4.68 Å². The van der Waals surface area contributed by atoms with E-state index in [1.165, 1.54) is 12.1 Å². The van der Waals surface area contributed by atoms with Crippen molar-refractivity contribution < 1.29 is 9.50 Å². The predicted octanol–water partition coefficient (Wildman–Crippen LogP) is 2.40. The van der Waals surface area contributed by atoms with Crippen molar-refractivity contribution in [3.8, 4) is 0 Å². The van der Waals surface area contributed by atoms with Crippen LogP contribution < -0.4 is 0 Å². The van der Waals surface area contributed by atoms with E-state index in [9.17, 15) is 9.50 Å². The Bertz CT molecular complexity index is 538. The average Bonchev–Trinajstić information content (AvgIpc) is 2.74. The largest absolute Gasteiger partial charge is 0.385 e. The van der Waals surface area contributed by atoms with Crippen LogP contribution in [0.25, 0.3) is 0 Å². The van der Waals surface area contributed by atoms with Crippen molar-refractivity contribution in [1.82, 2.24) is 9.78 Å². The van der Waals surface area contributed by atoms with Crippen molar-refractivity contribution in [2.45, 2.75) is 25.4 Å². The van der Waals surface area contributed by atoms with Crippen molar-refractivity contribution >= 4 is 0 Å². The van der Waals surface area contributed by atoms with Gasteiger partial charge in [0.25, 0.3) is 0 Å². The predicted molar refractivity (Wildman–Crippen MR) is 67.5 cm³/mol. The van der Waals surface area contributed by atoms with E-state index < -0.39 is 5.60 Å². The third-order valence-electron chi connectivity index (χ3n) is 3.20. The number of aryl methyl sites for hydroxylation is 1. The van der Waals surface area contributed by atoms with Crippen molar-refractivity contribution in [3.05, 3.63) is 53.6 Å². The monoisotopic (exact) mass is 248 g/mol. The number of benzene rings is 1. The maximum atomic E-state index is 13.2. The molecule has 0 saturated heterocycles. The summed E-state index contributed by atoms with van der Waals surface area (Å²) < 4.78 is 14.9. The number of halogens is 1. The first-order chi connectivity index (χ1) is 8.53. The molecule has 0 amide bonds. The Balaban J connectivity index is 2.30. The first-order valence-electron chi connectivity index (χ1n) is 5.99. The van der Waals surface area contributed by atoms with E-state index in [1.54, 1.807) is 23.0 Å². The van der Waals surface area contributed by atoms with Gasteiger partial charge in [-0.2, -0.15) is 5.10 Å². The number of rotatable bonds is 4. The fraction of sp³-hybridized carbons (Fsp3) is 0.357. The Kier molecular flexibility index (Phi) is 3.48. The molecular weight excluding hydrogens is 231 g/mol. The van der Waals surface area contributed by atoms with Crippen LogP contribution in [0.2, 0.25) is 0 Å². The molecule has 1 aromatic heterocycles. The van der Waals surface area contributed by atoms with E-state index >= 15 is 0 Å². The van der Waals surface area contributed by atoms with Crippen LogP contribution in [0.15, 0.2) is 36.7 Å². The smallest absolute Gasteiger partial charge is 0.123 e. The van der Waals surface area contributed by atoms with Crippen LogP contribution in [-0.2, 0) is 19.1 Å². The molecule has 0 radical (unpaired) electrons. The normalized spacial score (nSPS) is 14.4. The van der Waals surface area contributed by atoms with Gasteiger partial charge in [0, 0.05) is 19.7 Å². The van der Waals surface area contributed by atoms with E-state index in [1.807, 2.05) is 20.2 Å². The van der Waals surface area contributed by atoms with E-state index in [0.29, 0.717) is 18.4 Å². The van der Waals surface area contributed by atoms with Crippen LogP contribution in [-0.4, -0.2) is 14.9 Å². The van der Waals surface area contributed by atoms with Crippen molar-refractivity contribution in [2.24, 2.45) is 7.05 Å². The molecule has 1 heterocycles. The highest BCUT2D eigenvalue weighted by atomic mass is 19.1. The molecular formula is C14H17FN2O. The molecule has 0 bridgehead atoms. The van der Waals surface area contributed by atoms with Crippen molar-refractivity contribution in [2.75, 3.05) is 0 Å². The lowest BCUT2D eigenvalue weighted by Crippen LogP contribution is -2.27.